The molecule has 0 N–H and O–H groups in total. The summed E-state index contributed by atoms with van der Waals surface area (Å²) in [7, 11) is 1.61. The molecule has 0 aliphatic rings. The molecular weight excluding hydrogens is 164 g/mol. The molecule has 1 rings (SSSR count). The van der Waals surface area contributed by atoms with Gasteiger partial charge in [-0.05, 0) is 6.07 Å². The van der Waals surface area contributed by atoms with E-state index >= 15 is 0 Å². The van der Waals surface area contributed by atoms with Crippen molar-refractivity contribution in [2.45, 2.75) is 12.5 Å². The maximum atomic E-state index is 5.57. The second-order valence-corrected chi connectivity index (χ2v) is 2.30. The van der Waals surface area contributed by atoms with E-state index in [0.29, 0.717) is 18.3 Å². The van der Waals surface area contributed by atoms with E-state index in [-0.39, 0.29) is 0 Å². The van der Waals surface area contributed by atoms with E-state index in [1.54, 1.807) is 19.4 Å². The molecule has 0 amide bonds. The summed E-state index contributed by atoms with van der Waals surface area (Å²) in [5.74, 6) is 1.09. The summed E-state index contributed by atoms with van der Waals surface area (Å²) in [6, 6.07) is 1.78. The summed E-state index contributed by atoms with van der Waals surface area (Å²) in [4.78, 5) is 8.10. The van der Waals surface area contributed by atoms with Crippen molar-refractivity contribution >= 4 is 11.6 Å². The first-order valence-electron chi connectivity index (χ1n) is 3.22. The minimum absolute atomic E-state index is 0.416. The van der Waals surface area contributed by atoms with Crippen molar-refractivity contribution in [3.8, 4) is 0 Å². The largest absolute Gasteiger partial charge is 0.377 e. The van der Waals surface area contributed by atoms with Crippen LogP contribution in [0.25, 0.3) is 0 Å². The fraction of sp³-hybridized carbons (Fsp3) is 0.429. The lowest BCUT2D eigenvalue weighted by Gasteiger charge is -1.98. The highest BCUT2D eigenvalue weighted by Crippen LogP contribution is 1.99. The molecule has 0 unspecified atom stereocenters. The highest BCUT2D eigenvalue weighted by Gasteiger charge is 1.96. The van der Waals surface area contributed by atoms with Gasteiger partial charge in [-0.25, -0.2) is 9.97 Å². The van der Waals surface area contributed by atoms with Crippen molar-refractivity contribution in [1.29, 1.82) is 0 Å². The zero-order valence-electron chi connectivity index (χ0n) is 6.25. The third-order valence-corrected chi connectivity index (χ3v) is 1.45. The second-order valence-electron chi connectivity index (χ2n) is 2.03. The smallest absolute Gasteiger partial charge is 0.154 e. The summed E-state index contributed by atoms with van der Waals surface area (Å²) in [6.07, 6.45) is 1.68. The van der Waals surface area contributed by atoms with Crippen LogP contribution in [0.5, 0.6) is 0 Å². The van der Waals surface area contributed by atoms with Crippen LogP contribution < -0.4 is 0 Å². The molecule has 0 bridgehead atoms. The lowest BCUT2D eigenvalue weighted by Crippen LogP contribution is -1.98. The van der Waals surface area contributed by atoms with Crippen molar-refractivity contribution in [2.75, 3.05) is 7.11 Å². The number of aromatic nitrogens is 2. The van der Waals surface area contributed by atoms with Gasteiger partial charge in [0.2, 0.25) is 0 Å². The molecule has 1 aromatic heterocycles. The van der Waals surface area contributed by atoms with Crippen LogP contribution in [0.3, 0.4) is 0 Å². The molecule has 0 aliphatic heterocycles. The van der Waals surface area contributed by atoms with Gasteiger partial charge < -0.3 is 4.74 Å². The Labute approximate surface area is 70.4 Å². The van der Waals surface area contributed by atoms with Crippen LogP contribution in [0.1, 0.15) is 11.5 Å². The number of alkyl halides is 1. The first-order chi connectivity index (χ1) is 5.36. The highest BCUT2D eigenvalue weighted by molar-refractivity contribution is 6.16. The van der Waals surface area contributed by atoms with Crippen LogP contribution in [-0.2, 0) is 17.2 Å². The van der Waals surface area contributed by atoms with Gasteiger partial charge >= 0.3 is 0 Å². The molecule has 4 heteroatoms. The number of hydrogen-bond donors (Lipinski definition) is 0. The lowest BCUT2D eigenvalue weighted by atomic mass is 10.4. The van der Waals surface area contributed by atoms with Crippen LogP contribution in [0.4, 0.5) is 0 Å². The maximum absolute atomic E-state index is 5.57. The van der Waals surface area contributed by atoms with E-state index in [0.717, 1.165) is 5.69 Å². The molecule has 60 valence electrons. The molecule has 0 radical (unpaired) electrons. The molecule has 0 atom stereocenters. The van der Waals surface area contributed by atoms with Crippen molar-refractivity contribution in [3.63, 3.8) is 0 Å². The predicted octanol–water partition coefficient (Wildman–Crippen LogP) is 1.36. The van der Waals surface area contributed by atoms with E-state index in [1.165, 1.54) is 0 Å². The summed E-state index contributed by atoms with van der Waals surface area (Å²) in [6.45, 7) is 0.435. The van der Waals surface area contributed by atoms with Gasteiger partial charge in [0.05, 0.1) is 11.6 Å². The van der Waals surface area contributed by atoms with Gasteiger partial charge in [-0.3, -0.25) is 0 Å². The normalized spacial score (nSPS) is 10.0. The van der Waals surface area contributed by atoms with Crippen molar-refractivity contribution in [1.82, 2.24) is 9.97 Å². The highest BCUT2D eigenvalue weighted by atomic mass is 35.5. The van der Waals surface area contributed by atoms with E-state index < -0.39 is 0 Å². The molecule has 0 aromatic carbocycles. The Morgan fingerprint density at radius 2 is 2.45 bits per heavy atom. The standard InChI is InChI=1S/C7H9ClN2O/c1-11-5-7-9-3-2-6(4-8)10-7/h2-3H,4-5H2,1H3. The van der Waals surface area contributed by atoms with Gasteiger partial charge in [0, 0.05) is 13.3 Å². The first-order valence-corrected chi connectivity index (χ1v) is 3.76. The molecule has 0 saturated heterocycles. The van der Waals surface area contributed by atoms with Crippen LogP contribution >= 0.6 is 11.6 Å². The SMILES string of the molecule is COCc1nccc(CCl)n1. The van der Waals surface area contributed by atoms with Gasteiger partial charge in [-0.15, -0.1) is 11.6 Å². The van der Waals surface area contributed by atoms with Gasteiger partial charge in [0.1, 0.15) is 6.61 Å². The van der Waals surface area contributed by atoms with Gasteiger partial charge in [-0.1, -0.05) is 0 Å². The average molecular weight is 173 g/mol. The predicted molar refractivity (Wildman–Crippen MR) is 42.3 cm³/mol. The Kier molecular flexibility index (Phi) is 3.26. The molecule has 1 aromatic rings. The molecule has 0 saturated carbocycles. The van der Waals surface area contributed by atoms with Crippen LogP contribution in [0, 0.1) is 0 Å². The van der Waals surface area contributed by atoms with Crippen molar-refractivity contribution in [2.24, 2.45) is 0 Å². The molecular formula is C7H9ClN2O. The molecule has 3 nitrogen and oxygen atoms in total. The molecule has 11 heavy (non-hydrogen) atoms. The van der Waals surface area contributed by atoms with Crippen LogP contribution in [0.2, 0.25) is 0 Å². The van der Waals surface area contributed by atoms with Crippen molar-refractivity contribution in [3.05, 3.63) is 23.8 Å². The summed E-state index contributed by atoms with van der Waals surface area (Å²) >= 11 is 5.57. The van der Waals surface area contributed by atoms with E-state index in [4.69, 9.17) is 16.3 Å². The van der Waals surface area contributed by atoms with Gasteiger partial charge in [0.25, 0.3) is 0 Å². The minimum Gasteiger partial charge on any atom is -0.377 e. The monoisotopic (exact) mass is 172 g/mol. The number of rotatable bonds is 3. The molecule has 1 heterocycles. The molecule has 0 fully saturated rings. The fourth-order valence-electron chi connectivity index (χ4n) is 0.714. The Bertz CT molecular complexity index is 229. The van der Waals surface area contributed by atoms with Crippen LogP contribution in [-0.4, -0.2) is 17.1 Å². The number of halogens is 1. The number of nitrogens with zero attached hydrogens (tertiary/aromatic N) is 2. The average Bonchev–Trinajstić information content (AvgIpc) is 2.06. The first kappa shape index (κ1) is 8.43. The van der Waals surface area contributed by atoms with Crippen molar-refractivity contribution < 1.29 is 4.74 Å². The quantitative estimate of drug-likeness (QED) is 0.646. The minimum atomic E-state index is 0.416. The zero-order valence-corrected chi connectivity index (χ0v) is 7.01. The Balaban J connectivity index is 2.74. The van der Waals surface area contributed by atoms with Gasteiger partial charge in [-0.2, -0.15) is 0 Å². The number of methoxy groups -OCH3 is 1. The van der Waals surface area contributed by atoms with E-state index in [9.17, 15) is 0 Å². The lowest BCUT2D eigenvalue weighted by molar-refractivity contribution is 0.177. The fourth-order valence-corrected chi connectivity index (χ4v) is 0.863. The summed E-state index contributed by atoms with van der Waals surface area (Å²) in [5.41, 5.74) is 0.828. The van der Waals surface area contributed by atoms with E-state index in [2.05, 4.69) is 9.97 Å². The summed E-state index contributed by atoms with van der Waals surface area (Å²) < 4.78 is 4.86. The third-order valence-electron chi connectivity index (χ3n) is 1.17. The molecule has 0 spiro atoms. The Morgan fingerprint density at radius 3 is 3.09 bits per heavy atom. The molecule has 0 aliphatic carbocycles. The number of ether oxygens (including phenoxy) is 1. The Morgan fingerprint density at radius 1 is 1.64 bits per heavy atom. The summed E-state index contributed by atoms with van der Waals surface area (Å²) in [5, 5.41) is 0. The van der Waals surface area contributed by atoms with E-state index in [1.807, 2.05) is 0 Å². The second kappa shape index (κ2) is 4.26. The Hall–Kier alpha value is -0.670. The topological polar surface area (TPSA) is 35.0 Å². The van der Waals surface area contributed by atoms with Gasteiger partial charge in [0.15, 0.2) is 5.82 Å². The third kappa shape index (κ3) is 2.44. The maximum Gasteiger partial charge on any atom is 0.154 e. The number of hydrogen-bond acceptors (Lipinski definition) is 3. The van der Waals surface area contributed by atoms with Crippen LogP contribution in [0.15, 0.2) is 12.3 Å². The zero-order chi connectivity index (χ0) is 8.10.